The molecule has 2 heterocycles. The normalized spacial score (nSPS) is 44.3. The smallest absolute Gasteiger partial charge is 0.0765 e. The van der Waals surface area contributed by atoms with E-state index in [1.54, 1.807) is 23.8 Å². The summed E-state index contributed by atoms with van der Waals surface area (Å²) < 4.78 is 23.9. The molecule has 0 aromatic carbocycles. The number of fused-ring (bicyclic) bond motifs is 6. The number of likely N-dealkylation sites (tertiary alicyclic amines) is 1. The van der Waals surface area contributed by atoms with Crippen molar-refractivity contribution < 1.29 is 24.1 Å². The molecule has 10 atom stereocenters. The lowest BCUT2D eigenvalue weighted by atomic mass is 9.56. The Morgan fingerprint density at radius 3 is 2.63 bits per heavy atom. The minimum Gasteiger partial charge on any atom is -0.389 e. The summed E-state index contributed by atoms with van der Waals surface area (Å²) in [6, 6.07) is 0.492. The Bertz CT molecular complexity index is 995. The molecule has 6 heteroatoms. The lowest BCUT2D eigenvalue weighted by molar-refractivity contribution is -0.0807. The quantitative estimate of drug-likeness (QED) is 0.280. The van der Waals surface area contributed by atoms with Gasteiger partial charge in [-0.2, -0.15) is 0 Å². The zero-order valence-corrected chi connectivity index (χ0v) is 26.5. The summed E-state index contributed by atoms with van der Waals surface area (Å²) in [5.74, 6) is 3.47. The molecule has 0 amide bonds. The summed E-state index contributed by atoms with van der Waals surface area (Å²) in [7, 11) is 1.70. The standard InChI is InChI=1S/C35H57NO5/c1-23-18-32-33(36(22-23)12-13-39-16-17-40-15-14-38-5)25(3)35(41-32)11-9-28-29-7-6-26-19-27(37)8-10-34(26,4)31(29)20-30(28)24(2)21-35/h19,23,25,27-29,31-33,37H,6-18,20-22H2,1-5H3/t23-,25+,27-,28-,29?,31-,32?,33-,34-,35-/m0/s1. The molecule has 2 saturated carbocycles. The first-order valence-corrected chi connectivity index (χ1v) is 16.9. The molecule has 0 aromatic heterocycles. The van der Waals surface area contributed by atoms with Crippen molar-refractivity contribution >= 4 is 0 Å². The summed E-state index contributed by atoms with van der Waals surface area (Å²) in [4.78, 5) is 2.71. The fourth-order valence-electron chi connectivity index (χ4n) is 10.6. The van der Waals surface area contributed by atoms with E-state index in [1.165, 1.54) is 38.5 Å². The Morgan fingerprint density at radius 2 is 1.83 bits per heavy atom. The third kappa shape index (κ3) is 5.64. The molecular formula is C35H57NO5. The second-order valence-electron chi connectivity index (χ2n) is 14.9. The zero-order valence-electron chi connectivity index (χ0n) is 26.5. The van der Waals surface area contributed by atoms with E-state index in [0.29, 0.717) is 55.8 Å². The minimum atomic E-state index is -0.221. The fourth-order valence-corrected chi connectivity index (χ4v) is 10.6. The highest BCUT2D eigenvalue weighted by Crippen LogP contribution is 2.64. The zero-order chi connectivity index (χ0) is 28.8. The summed E-state index contributed by atoms with van der Waals surface area (Å²) in [5, 5.41) is 10.3. The van der Waals surface area contributed by atoms with Gasteiger partial charge in [-0.25, -0.2) is 0 Å². The van der Waals surface area contributed by atoms with Gasteiger partial charge in [0.05, 0.1) is 50.8 Å². The lowest BCUT2D eigenvalue weighted by Gasteiger charge is -2.49. The third-order valence-corrected chi connectivity index (χ3v) is 12.6. The number of ether oxygens (including phenoxy) is 4. The van der Waals surface area contributed by atoms with E-state index >= 15 is 0 Å². The minimum absolute atomic E-state index is 0.0246. The summed E-state index contributed by atoms with van der Waals surface area (Å²) in [6.45, 7) is 15.3. The fraction of sp³-hybridized carbons (Fsp3) is 0.886. The van der Waals surface area contributed by atoms with Gasteiger partial charge >= 0.3 is 0 Å². The molecule has 6 nitrogen and oxygen atoms in total. The van der Waals surface area contributed by atoms with Crippen molar-refractivity contribution in [3.05, 3.63) is 22.8 Å². The first kappa shape index (κ1) is 30.3. The molecule has 4 aliphatic carbocycles. The van der Waals surface area contributed by atoms with Crippen LogP contribution < -0.4 is 0 Å². The van der Waals surface area contributed by atoms with Crippen LogP contribution >= 0.6 is 0 Å². The molecule has 0 bridgehead atoms. The highest BCUT2D eigenvalue weighted by Gasteiger charge is 2.59. The van der Waals surface area contributed by atoms with E-state index in [9.17, 15) is 5.11 Å². The van der Waals surface area contributed by atoms with Crippen LogP contribution in [0.3, 0.4) is 0 Å². The van der Waals surface area contributed by atoms with Crippen molar-refractivity contribution in [2.45, 2.75) is 109 Å². The molecule has 4 fully saturated rings. The van der Waals surface area contributed by atoms with Crippen molar-refractivity contribution in [3.8, 4) is 0 Å². The van der Waals surface area contributed by atoms with Crippen LogP contribution in [0.15, 0.2) is 22.8 Å². The van der Waals surface area contributed by atoms with E-state index in [1.807, 2.05) is 0 Å². The second kappa shape index (κ2) is 12.3. The number of piperidine rings is 1. The van der Waals surface area contributed by atoms with Gasteiger partial charge in [-0.15, -0.1) is 0 Å². The molecule has 2 unspecified atom stereocenters. The van der Waals surface area contributed by atoms with Crippen LogP contribution in [0.2, 0.25) is 0 Å². The predicted octanol–water partition coefficient (Wildman–Crippen LogP) is 5.78. The van der Waals surface area contributed by atoms with Crippen molar-refractivity contribution in [1.29, 1.82) is 0 Å². The van der Waals surface area contributed by atoms with Gasteiger partial charge in [0.15, 0.2) is 0 Å². The topological polar surface area (TPSA) is 60.4 Å². The van der Waals surface area contributed by atoms with Crippen LogP contribution in [0, 0.1) is 35.0 Å². The maximum Gasteiger partial charge on any atom is 0.0765 e. The molecular weight excluding hydrogens is 514 g/mol. The average Bonchev–Trinajstić information content (AvgIpc) is 3.40. The number of hydrogen-bond donors (Lipinski definition) is 1. The number of allylic oxidation sites excluding steroid dienone is 2. The van der Waals surface area contributed by atoms with E-state index in [0.717, 1.165) is 56.7 Å². The van der Waals surface area contributed by atoms with Gasteiger partial charge in [0.1, 0.15) is 0 Å². The van der Waals surface area contributed by atoms with Crippen molar-refractivity contribution in [1.82, 2.24) is 4.90 Å². The molecule has 1 spiro atoms. The number of aliphatic hydroxyl groups is 1. The maximum absolute atomic E-state index is 10.3. The maximum atomic E-state index is 10.3. The van der Waals surface area contributed by atoms with E-state index in [2.05, 4.69) is 38.7 Å². The monoisotopic (exact) mass is 571 g/mol. The first-order chi connectivity index (χ1) is 19.8. The number of methoxy groups -OCH3 is 1. The lowest BCUT2D eigenvalue weighted by Crippen LogP contribution is -2.52. The van der Waals surface area contributed by atoms with Crippen molar-refractivity contribution in [3.63, 3.8) is 0 Å². The first-order valence-electron chi connectivity index (χ1n) is 16.9. The number of nitrogens with zero attached hydrogens (tertiary/aromatic N) is 1. The van der Waals surface area contributed by atoms with Gasteiger partial charge in [-0.1, -0.05) is 43.6 Å². The summed E-state index contributed by atoms with van der Waals surface area (Å²) >= 11 is 0. The Balaban J connectivity index is 1.13. The molecule has 1 N–H and O–H groups in total. The predicted molar refractivity (Wildman–Crippen MR) is 162 cm³/mol. The van der Waals surface area contributed by atoms with Gasteiger partial charge < -0.3 is 24.1 Å². The molecule has 6 rings (SSSR count). The number of aliphatic hydroxyl groups excluding tert-OH is 1. The summed E-state index contributed by atoms with van der Waals surface area (Å²) in [5.41, 5.74) is 5.28. The van der Waals surface area contributed by atoms with Gasteiger partial charge in [0, 0.05) is 32.2 Å². The van der Waals surface area contributed by atoms with Crippen LogP contribution in [0.5, 0.6) is 0 Å². The largest absolute Gasteiger partial charge is 0.389 e. The Kier molecular flexibility index (Phi) is 9.10. The van der Waals surface area contributed by atoms with E-state index < -0.39 is 0 Å². The van der Waals surface area contributed by atoms with Crippen LogP contribution in [-0.2, 0) is 18.9 Å². The Hall–Kier alpha value is -0.760. The molecule has 41 heavy (non-hydrogen) atoms. The molecule has 2 saturated heterocycles. The molecule has 0 aromatic rings. The van der Waals surface area contributed by atoms with Crippen LogP contribution in [0.4, 0.5) is 0 Å². The number of hydrogen-bond acceptors (Lipinski definition) is 6. The highest BCUT2D eigenvalue weighted by molar-refractivity contribution is 5.33. The van der Waals surface area contributed by atoms with Gasteiger partial charge in [0.25, 0.3) is 0 Å². The Morgan fingerprint density at radius 1 is 1.05 bits per heavy atom. The SMILES string of the molecule is COCCOCCOCCN1C[C@@H](C)CC2O[C@]3(CC[C@@H]4C(=C(C)C3)C[C@H]3C4CCC4=C[C@@H](O)CC[C@@]43C)[C@H](C)[C@@H]21. The van der Waals surface area contributed by atoms with Gasteiger partial charge in [0.2, 0.25) is 0 Å². The molecule has 6 aliphatic rings. The van der Waals surface area contributed by atoms with Crippen LogP contribution in [0.25, 0.3) is 0 Å². The van der Waals surface area contributed by atoms with Gasteiger partial charge in [-0.3, -0.25) is 4.90 Å². The van der Waals surface area contributed by atoms with E-state index in [-0.39, 0.29) is 11.7 Å². The highest BCUT2D eigenvalue weighted by atomic mass is 16.5. The van der Waals surface area contributed by atoms with Gasteiger partial charge in [-0.05, 0) is 93.8 Å². The molecule has 232 valence electrons. The summed E-state index contributed by atoms with van der Waals surface area (Å²) in [6.07, 6.45) is 13.0. The van der Waals surface area contributed by atoms with Crippen molar-refractivity contribution in [2.75, 3.05) is 53.2 Å². The average molecular weight is 572 g/mol. The number of rotatable bonds is 9. The van der Waals surface area contributed by atoms with E-state index in [4.69, 9.17) is 18.9 Å². The van der Waals surface area contributed by atoms with Crippen LogP contribution in [-0.4, -0.2) is 87.1 Å². The van der Waals surface area contributed by atoms with Crippen LogP contribution in [0.1, 0.15) is 85.5 Å². The molecule has 0 radical (unpaired) electrons. The second-order valence-corrected chi connectivity index (χ2v) is 14.9. The third-order valence-electron chi connectivity index (χ3n) is 12.6. The van der Waals surface area contributed by atoms with Crippen molar-refractivity contribution in [2.24, 2.45) is 35.0 Å². The molecule has 2 aliphatic heterocycles. The Labute approximate surface area is 249 Å².